The Balaban J connectivity index is 1.55. The zero-order chi connectivity index (χ0) is 19.2. The highest BCUT2D eigenvalue weighted by molar-refractivity contribution is 7.80. The molecule has 0 saturated carbocycles. The molecule has 0 atom stereocenters. The highest BCUT2D eigenvalue weighted by atomic mass is 32.1. The van der Waals surface area contributed by atoms with Crippen molar-refractivity contribution in [3.8, 4) is 5.75 Å². The minimum Gasteiger partial charge on any atom is -0.484 e. The van der Waals surface area contributed by atoms with E-state index >= 15 is 0 Å². The number of nitrogens with zero attached hydrogens (tertiary/aromatic N) is 1. The number of hydrogen-bond donors (Lipinski definition) is 3. The van der Waals surface area contributed by atoms with Gasteiger partial charge in [0, 0.05) is 12.6 Å². The number of carbonyl (C=O) groups excluding carboxylic acids is 2. The maximum Gasteiger partial charge on any atom is 0.264 e. The second-order valence-electron chi connectivity index (χ2n) is 5.49. The van der Waals surface area contributed by atoms with Crippen LogP contribution >= 0.6 is 23.6 Å². The molecule has 3 N–H and O–H groups in total. The lowest BCUT2D eigenvalue weighted by Gasteiger charge is -2.08. The maximum absolute atomic E-state index is 11.9. The van der Waals surface area contributed by atoms with E-state index in [1.807, 2.05) is 24.3 Å². The molecule has 0 spiro atoms. The summed E-state index contributed by atoms with van der Waals surface area (Å²) >= 11 is 6.50. The van der Waals surface area contributed by atoms with Gasteiger partial charge in [-0.25, -0.2) is 4.98 Å². The van der Waals surface area contributed by atoms with Crippen LogP contribution in [0.1, 0.15) is 6.92 Å². The van der Waals surface area contributed by atoms with Crippen molar-refractivity contribution in [2.75, 3.05) is 17.2 Å². The van der Waals surface area contributed by atoms with E-state index in [0.717, 1.165) is 10.2 Å². The molecule has 2 amide bonds. The fourth-order valence-electron chi connectivity index (χ4n) is 2.22. The smallest absolute Gasteiger partial charge is 0.264 e. The summed E-state index contributed by atoms with van der Waals surface area (Å²) < 4.78 is 6.24. The van der Waals surface area contributed by atoms with Crippen LogP contribution in [0.15, 0.2) is 48.5 Å². The van der Waals surface area contributed by atoms with Crippen molar-refractivity contribution in [3.63, 3.8) is 0 Å². The Hall–Kier alpha value is -3.04. The Kier molecular flexibility index (Phi) is 5.94. The lowest BCUT2D eigenvalue weighted by Crippen LogP contribution is -2.37. The lowest BCUT2D eigenvalue weighted by atomic mass is 10.3. The first-order valence-electron chi connectivity index (χ1n) is 7.96. The van der Waals surface area contributed by atoms with Gasteiger partial charge in [0.1, 0.15) is 5.75 Å². The summed E-state index contributed by atoms with van der Waals surface area (Å²) in [6, 6.07) is 14.4. The first kappa shape index (κ1) is 18.7. The number of carbonyl (C=O) groups is 2. The molecule has 0 fully saturated rings. The van der Waals surface area contributed by atoms with Gasteiger partial charge in [0.15, 0.2) is 16.9 Å². The van der Waals surface area contributed by atoms with Crippen LogP contribution in [0.5, 0.6) is 5.75 Å². The van der Waals surface area contributed by atoms with Crippen LogP contribution in [0.25, 0.3) is 10.2 Å². The number of rotatable bonds is 5. The van der Waals surface area contributed by atoms with Gasteiger partial charge in [-0.3, -0.25) is 14.9 Å². The summed E-state index contributed by atoms with van der Waals surface area (Å²) in [5, 5.41) is 8.83. The van der Waals surface area contributed by atoms with E-state index in [2.05, 4.69) is 20.9 Å². The van der Waals surface area contributed by atoms with Crippen LogP contribution < -0.4 is 20.7 Å². The van der Waals surface area contributed by atoms with Crippen LogP contribution in [-0.4, -0.2) is 28.5 Å². The van der Waals surface area contributed by atoms with E-state index in [-0.39, 0.29) is 23.5 Å². The average molecular weight is 400 g/mol. The third-order valence-corrected chi connectivity index (χ3v) is 4.43. The number of hydrogen-bond acceptors (Lipinski definition) is 6. The van der Waals surface area contributed by atoms with Gasteiger partial charge in [0.2, 0.25) is 5.91 Å². The fourth-order valence-corrected chi connectivity index (χ4v) is 3.40. The Bertz CT molecular complexity index is 989. The summed E-state index contributed by atoms with van der Waals surface area (Å²) in [5.41, 5.74) is 1.46. The van der Waals surface area contributed by atoms with Gasteiger partial charge < -0.3 is 15.4 Å². The number of amides is 2. The molecule has 0 aliphatic rings. The highest BCUT2D eigenvalue weighted by Crippen LogP contribution is 2.28. The third kappa shape index (κ3) is 5.47. The fraction of sp³-hybridized carbons (Fsp3) is 0.111. The van der Waals surface area contributed by atoms with E-state index < -0.39 is 0 Å². The summed E-state index contributed by atoms with van der Waals surface area (Å²) in [6.07, 6.45) is 0. The molecular formula is C18H16N4O3S2. The number of ether oxygens (including phenoxy) is 1. The topological polar surface area (TPSA) is 92.4 Å². The van der Waals surface area contributed by atoms with Crippen molar-refractivity contribution in [3.05, 3.63) is 48.5 Å². The first-order chi connectivity index (χ1) is 13.0. The Morgan fingerprint density at radius 1 is 1.15 bits per heavy atom. The van der Waals surface area contributed by atoms with Gasteiger partial charge in [-0.1, -0.05) is 29.5 Å². The van der Waals surface area contributed by atoms with Crippen LogP contribution in [-0.2, 0) is 9.59 Å². The standard InChI is InChI=1S/C18H16N4O3S2/c1-11(23)19-12-7-8-14-15(9-12)27-18(20-14)22-17(26)21-16(24)10-25-13-5-3-2-4-6-13/h2-9H,10H2,1H3,(H,19,23)(H2,20,21,22,24,26). The minimum absolute atomic E-state index is 0.137. The van der Waals surface area contributed by atoms with Crippen LogP contribution in [0.3, 0.4) is 0 Å². The predicted octanol–water partition coefficient (Wildman–Crippen LogP) is 3.15. The Morgan fingerprint density at radius 2 is 1.93 bits per heavy atom. The van der Waals surface area contributed by atoms with Crippen LogP contribution in [0.2, 0.25) is 0 Å². The SMILES string of the molecule is CC(=O)Nc1ccc2nc(NC(=S)NC(=O)COc3ccccc3)sc2c1. The van der Waals surface area contributed by atoms with E-state index in [0.29, 0.717) is 16.6 Å². The molecule has 0 aliphatic heterocycles. The normalized spacial score (nSPS) is 10.3. The Labute approximate surface area is 164 Å². The molecule has 3 rings (SSSR count). The number of nitrogens with one attached hydrogen (secondary N) is 3. The van der Waals surface area contributed by atoms with Gasteiger partial charge in [-0.15, -0.1) is 0 Å². The zero-order valence-corrected chi connectivity index (χ0v) is 15.9. The third-order valence-electron chi connectivity index (χ3n) is 3.30. The monoisotopic (exact) mass is 400 g/mol. The zero-order valence-electron chi connectivity index (χ0n) is 14.3. The predicted molar refractivity (Wildman–Crippen MR) is 110 cm³/mol. The van der Waals surface area contributed by atoms with Crippen LogP contribution in [0, 0.1) is 0 Å². The van der Waals surface area contributed by atoms with Gasteiger partial charge >= 0.3 is 0 Å². The summed E-state index contributed by atoms with van der Waals surface area (Å²) in [7, 11) is 0. The van der Waals surface area contributed by atoms with E-state index in [9.17, 15) is 9.59 Å². The molecule has 7 nitrogen and oxygen atoms in total. The van der Waals surface area contributed by atoms with E-state index in [1.165, 1.54) is 18.3 Å². The molecule has 0 bridgehead atoms. The minimum atomic E-state index is -0.370. The van der Waals surface area contributed by atoms with E-state index in [4.69, 9.17) is 17.0 Å². The van der Waals surface area contributed by atoms with Gasteiger partial charge in [-0.05, 0) is 42.5 Å². The van der Waals surface area contributed by atoms with Gasteiger partial charge in [-0.2, -0.15) is 0 Å². The number of aromatic nitrogens is 1. The number of anilines is 2. The molecule has 9 heteroatoms. The molecule has 0 aliphatic carbocycles. The highest BCUT2D eigenvalue weighted by Gasteiger charge is 2.10. The van der Waals surface area contributed by atoms with Crippen LogP contribution in [0.4, 0.5) is 10.8 Å². The second kappa shape index (κ2) is 8.56. The van der Waals surface area contributed by atoms with Crippen molar-refractivity contribution in [1.82, 2.24) is 10.3 Å². The van der Waals surface area contributed by atoms with Crippen molar-refractivity contribution in [1.29, 1.82) is 0 Å². The lowest BCUT2D eigenvalue weighted by molar-refractivity contribution is -0.121. The molecule has 0 radical (unpaired) electrons. The molecule has 3 aromatic rings. The number of para-hydroxylation sites is 1. The summed E-state index contributed by atoms with van der Waals surface area (Å²) in [5.74, 6) is 0.0944. The molecule has 1 heterocycles. The molecular weight excluding hydrogens is 384 g/mol. The van der Waals surface area contributed by atoms with Gasteiger partial charge in [0.05, 0.1) is 10.2 Å². The summed E-state index contributed by atoms with van der Waals surface area (Å²) in [4.78, 5) is 27.5. The number of benzene rings is 2. The molecule has 0 saturated heterocycles. The maximum atomic E-state index is 11.9. The first-order valence-corrected chi connectivity index (χ1v) is 9.19. The van der Waals surface area contributed by atoms with Gasteiger partial charge in [0.25, 0.3) is 5.91 Å². The largest absolute Gasteiger partial charge is 0.484 e. The molecule has 1 aromatic heterocycles. The molecule has 0 unspecified atom stereocenters. The molecule has 2 aromatic carbocycles. The van der Waals surface area contributed by atoms with E-state index in [1.54, 1.807) is 24.3 Å². The van der Waals surface area contributed by atoms with Crippen molar-refractivity contribution in [2.24, 2.45) is 0 Å². The summed E-state index contributed by atoms with van der Waals surface area (Å²) in [6.45, 7) is 1.30. The van der Waals surface area contributed by atoms with Crippen molar-refractivity contribution in [2.45, 2.75) is 6.92 Å². The number of thiocarbonyl (C=S) groups is 1. The molecule has 27 heavy (non-hydrogen) atoms. The van der Waals surface area contributed by atoms with Crippen molar-refractivity contribution < 1.29 is 14.3 Å². The average Bonchev–Trinajstić information content (AvgIpc) is 3.01. The molecule has 138 valence electrons. The quantitative estimate of drug-likeness (QED) is 0.570. The Morgan fingerprint density at radius 3 is 2.67 bits per heavy atom. The van der Waals surface area contributed by atoms with Crippen molar-refractivity contribution >= 4 is 61.5 Å². The number of fused-ring (bicyclic) bond motifs is 1. The second-order valence-corrected chi connectivity index (χ2v) is 6.93. The number of thiazole rings is 1.